The zero-order valence-corrected chi connectivity index (χ0v) is 8.83. The van der Waals surface area contributed by atoms with E-state index in [0.29, 0.717) is 5.56 Å². The van der Waals surface area contributed by atoms with Gasteiger partial charge in [0.05, 0.1) is 19.7 Å². The molecule has 1 aromatic carbocycles. The summed E-state index contributed by atoms with van der Waals surface area (Å²) < 4.78 is 18.2. The Balaban J connectivity index is 2.91. The number of hydrogen-bond acceptors (Lipinski definition) is 3. The van der Waals surface area contributed by atoms with Gasteiger partial charge in [0.25, 0.3) is 0 Å². The molecule has 0 aliphatic carbocycles. The number of nitrogens with one attached hydrogen (secondary N) is 1. The van der Waals surface area contributed by atoms with Crippen molar-refractivity contribution in [2.24, 2.45) is 0 Å². The third-order valence-electron chi connectivity index (χ3n) is 2.05. The van der Waals surface area contributed by atoms with Gasteiger partial charge in [-0.3, -0.25) is 5.32 Å². The molecule has 1 unspecified atom stereocenters. The zero-order chi connectivity index (χ0) is 12.0. The van der Waals surface area contributed by atoms with Gasteiger partial charge in [-0.2, -0.15) is 5.26 Å². The van der Waals surface area contributed by atoms with Crippen LogP contribution in [0.2, 0.25) is 0 Å². The monoisotopic (exact) mass is 218 g/mol. The van der Waals surface area contributed by atoms with E-state index < -0.39 is 11.9 Å². The number of halogens is 1. The van der Waals surface area contributed by atoms with Crippen LogP contribution in [0.25, 0.3) is 0 Å². The van der Waals surface area contributed by atoms with Crippen molar-refractivity contribution in [3.63, 3.8) is 0 Å². The van der Waals surface area contributed by atoms with Gasteiger partial charge in [-0.15, -0.1) is 6.42 Å². The number of nitriles is 1. The Labute approximate surface area is 93.8 Å². The van der Waals surface area contributed by atoms with Crippen molar-refractivity contribution in [2.75, 3.05) is 13.7 Å². The Hall–Kier alpha value is -2.04. The summed E-state index contributed by atoms with van der Waals surface area (Å²) in [6, 6.07) is 5.75. The molecule has 0 fully saturated rings. The standard InChI is InChI=1S/C12H11FN2O/c1-3-6-15-11(8-14)9-4-5-12(16-2)10(13)7-9/h1,4-5,7,11,15H,6H2,2H3. The van der Waals surface area contributed by atoms with E-state index >= 15 is 0 Å². The molecular weight excluding hydrogens is 207 g/mol. The maximum Gasteiger partial charge on any atom is 0.165 e. The first-order valence-corrected chi connectivity index (χ1v) is 4.62. The van der Waals surface area contributed by atoms with Gasteiger partial charge in [0, 0.05) is 0 Å². The summed E-state index contributed by atoms with van der Waals surface area (Å²) in [6.07, 6.45) is 5.07. The Bertz CT molecular complexity index is 445. The van der Waals surface area contributed by atoms with Crippen molar-refractivity contribution in [3.05, 3.63) is 29.6 Å². The lowest BCUT2D eigenvalue weighted by molar-refractivity contribution is 0.386. The van der Waals surface area contributed by atoms with Crippen molar-refractivity contribution in [3.8, 4) is 24.2 Å². The summed E-state index contributed by atoms with van der Waals surface area (Å²) in [4.78, 5) is 0. The molecule has 0 aliphatic heterocycles. The highest BCUT2D eigenvalue weighted by Crippen LogP contribution is 2.21. The van der Waals surface area contributed by atoms with Crippen molar-refractivity contribution >= 4 is 0 Å². The lowest BCUT2D eigenvalue weighted by Gasteiger charge is -2.10. The molecule has 0 saturated carbocycles. The van der Waals surface area contributed by atoms with Crippen molar-refractivity contribution < 1.29 is 9.13 Å². The maximum absolute atomic E-state index is 13.4. The molecule has 0 saturated heterocycles. The van der Waals surface area contributed by atoms with E-state index in [1.165, 1.54) is 19.2 Å². The molecule has 3 nitrogen and oxygen atoms in total. The van der Waals surface area contributed by atoms with E-state index in [-0.39, 0.29) is 12.3 Å². The van der Waals surface area contributed by atoms with Crippen LogP contribution in [-0.2, 0) is 0 Å². The molecule has 1 rings (SSSR count). The van der Waals surface area contributed by atoms with Gasteiger partial charge >= 0.3 is 0 Å². The van der Waals surface area contributed by atoms with Gasteiger partial charge in [0.2, 0.25) is 0 Å². The average Bonchev–Trinajstić information content (AvgIpc) is 2.30. The highest BCUT2D eigenvalue weighted by Gasteiger charge is 2.11. The van der Waals surface area contributed by atoms with Crippen LogP contribution < -0.4 is 10.1 Å². The fraction of sp³-hybridized carbons (Fsp3) is 0.250. The second-order valence-electron chi connectivity index (χ2n) is 3.04. The van der Waals surface area contributed by atoms with Crippen molar-refractivity contribution in [1.82, 2.24) is 5.32 Å². The molecular formula is C12H11FN2O. The molecule has 0 radical (unpaired) electrons. The van der Waals surface area contributed by atoms with E-state index in [9.17, 15) is 4.39 Å². The molecule has 0 spiro atoms. The first-order valence-electron chi connectivity index (χ1n) is 4.62. The Morgan fingerprint density at radius 1 is 1.62 bits per heavy atom. The fourth-order valence-corrected chi connectivity index (χ4v) is 1.26. The predicted octanol–water partition coefficient (Wildman–Crippen LogP) is 1.62. The summed E-state index contributed by atoms with van der Waals surface area (Å²) in [6.45, 7) is 0.256. The summed E-state index contributed by atoms with van der Waals surface area (Å²) in [5.74, 6) is 2.01. The van der Waals surface area contributed by atoms with E-state index in [4.69, 9.17) is 16.4 Å². The summed E-state index contributed by atoms with van der Waals surface area (Å²) >= 11 is 0. The third kappa shape index (κ3) is 2.73. The normalized spacial score (nSPS) is 11.2. The minimum Gasteiger partial charge on any atom is -0.494 e. The lowest BCUT2D eigenvalue weighted by atomic mass is 10.1. The van der Waals surface area contributed by atoms with E-state index in [1.54, 1.807) is 6.07 Å². The smallest absolute Gasteiger partial charge is 0.165 e. The van der Waals surface area contributed by atoms with Crippen LogP contribution >= 0.6 is 0 Å². The molecule has 1 aromatic rings. The second-order valence-corrected chi connectivity index (χ2v) is 3.04. The topological polar surface area (TPSA) is 45.0 Å². The molecule has 0 amide bonds. The van der Waals surface area contributed by atoms with Gasteiger partial charge in [0.1, 0.15) is 6.04 Å². The summed E-state index contributed by atoms with van der Waals surface area (Å²) in [7, 11) is 1.39. The molecule has 0 aromatic heterocycles. The van der Waals surface area contributed by atoms with Crippen LogP contribution in [0.5, 0.6) is 5.75 Å². The van der Waals surface area contributed by atoms with Gasteiger partial charge < -0.3 is 4.74 Å². The maximum atomic E-state index is 13.4. The number of nitrogens with zero attached hydrogens (tertiary/aromatic N) is 1. The first-order chi connectivity index (χ1) is 7.72. The number of hydrogen-bond donors (Lipinski definition) is 1. The average molecular weight is 218 g/mol. The quantitative estimate of drug-likeness (QED) is 0.781. The van der Waals surface area contributed by atoms with Gasteiger partial charge in [0.15, 0.2) is 11.6 Å². The summed E-state index contributed by atoms with van der Waals surface area (Å²) in [5.41, 5.74) is 0.524. The SMILES string of the molecule is C#CCNC(C#N)c1ccc(OC)c(F)c1. The molecule has 1 N–H and O–H groups in total. The van der Waals surface area contributed by atoms with Crippen molar-refractivity contribution in [1.29, 1.82) is 5.26 Å². The number of methoxy groups -OCH3 is 1. The second kappa shape index (κ2) is 5.75. The number of ether oxygens (including phenoxy) is 1. The molecule has 0 heterocycles. The number of terminal acetylenes is 1. The molecule has 16 heavy (non-hydrogen) atoms. The van der Waals surface area contributed by atoms with E-state index in [1.807, 2.05) is 6.07 Å². The first kappa shape index (κ1) is 12.0. The predicted molar refractivity (Wildman–Crippen MR) is 58.1 cm³/mol. The molecule has 82 valence electrons. The third-order valence-corrected chi connectivity index (χ3v) is 2.05. The van der Waals surface area contributed by atoms with Gasteiger partial charge in [-0.05, 0) is 17.7 Å². The Morgan fingerprint density at radius 3 is 2.88 bits per heavy atom. The Kier molecular flexibility index (Phi) is 4.32. The lowest BCUT2D eigenvalue weighted by Crippen LogP contribution is -2.20. The van der Waals surface area contributed by atoms with Crippen molar-refractivity contribution in [2.45, 2.75) is 6.04 Å². The minimum atomic E-state index is -0.614. The fourth-order valence-electron chi connectivity index (χ4n) is 1.26. The largest absolute Gasteiger partial charge is 0.494 e. The van der Waals surface area contributed by atoms with Gasteiger partial charge in [-0.25, -0.2) is 4.39 Å². The summed E-state index contributed by atoms with van der Waals surface area (Å²) in [5, 5.41) is 11.7. The highest BCUT2D eigenvalue weighted by atomic mass is 19.1. The van der Waals surface area contributed by atoms with Crippen LogP contribution in [0.3, 0.4) is 0 Å². The Morgan fingerprint density at radius 2 is 2.38 bits per heavy atom. The molecule has 1 atom stereocenters. The van der Waals surface area contributed by atoms with Crippen LogP contribution in [0.1, 0.15) is 11.6 Å². The molecule has 4 heteroatoms. The van der Waals surface area contributed by atoms with Crippen LogP contribution in [0, 0.1) is 29.5 Å². The van der Waals surface area contributed by atoms with Gasteiger partial charge in [-0.1, -0.05) is 12.0 Å². The highest BCUT2D eigenvalue weighted by molar-refractivity contribution is 5.33. The molecule has 0 bridgehead atoms. The zero-order valence-electron chi connectivity index (χ0n) is 8.83. The van der Waals surface area contributed by atoms with Crippen LogP contribution in [-0.4, -0.2) is 13.7 Å². The van der Waals surface area contributed by atoms with E-state index in [0.717, 1.165) is 0 Å². The molecule has 0 aliphatic rings. The number of benzene rings is 1. The minimum absolute atomic E-state index is 0.150. The van der Waals surface area contributed by atoms with Crippen LogP contribution in [0.4, 0.5) is 4.39 Å². The number of rotatable bonds is 4. The van der Waals surface area contributed by atoms with Crippen LogP contribution in [0.15, 0.2) is 18.2 Å². The van der Waals surface area contributed by atoms with E-state index in [2.05, 4.69) is 11.2 Å².